The summed E-state index contributed by atoms with van der Waals surface area (Å²) in [5, 5.41) is 7.83. The Kier molecular flexibility index (Phi) is 3.44. The molecule has 0 unspecified atom stereocenters. The second-order valence-corrected chi connectivity index (χ2v) is 5.18. The van der Waals surface area contributed by atoms with Crippen LogP contribution in [0.4, 0.5) is 5.69 Å². The SMILES string of the molecule is Cc1cc(C)c2c(CC(=O)Nc3ccccc3)noc2c1. The number of hydrogen-bond donors (Lipinski definition) is 1. The first kappa shape index (κ1) is 13.4. The molecule has 21 heavy (non-hydrogen) atoms. The van der Waals surface area contributed by atoms with Gasteiger partial charge in [-0.25, -0.2) is 0 Å². The number of aryl methyl sites for hydroxylation is 2. The highest BCUT2D eigenvalue weighted by Gasteiger charge is 2.14. The van der Waals surface area contributed by atoms with E-state index in [0.29, 0.717) is 5.69 Å². The van der Waals surface area contributed by atoms with Crippen molar-refractivity contribution in [1.82, 2.24) is 5.16 Å². The van der Waals surface area contributed by atoms with Crippen LogP contribution in [0.3, 0.4) is 0 Å². The Bertz CT molecular complexity index is 791. The molecule has 0 atom stereocenters. The highest BCUT2D eigenvalue weighted by Crippen LogP contribution is 2.24. The lowest BCUT2D eigenvalue weighted by atomic mass is 10.0. The fourth-order valence-corrected chi connectivity index (χ4v) is 2.52. The number of aromatic nitrogens is 1. The van der Waals surface area contributed by atoms with E-state index in [1.54, 1.807) is 0 Å². The molecular formula is C17H16N2O2. The molecule has 0 radical (unpaired) electrons. The third-order valence-corrected chi connectivity index (χ3v) is 3.37. The maximum Gasteiger partial charge on any atom is 0.230 e. The van der Waals surface area contributed by atoms with Gasteiger partial charge in [0, 0.05) is 11.1 Å². The van der Waals surface area contributed by atoms with Crippen LogP contribution in [0, 0.1) is 13.8 Å². The van der Waals surface area contributed by atoms with Crippen LogP contribution in [0.2, 0.25) is 0 Å². The zero-order valence-corrected chi connectivity index (χ0v) is 12.0. The van der Waals surface area contributed by atoms with Crippen molar-refractivity contribution < 1.29 is 9.32 Å². The fraction of sp³-hybridized carbons (Fsp3) is 0.176. The first-order chi connectivity index (χ1) is 10.1. The molecule has 106 valence electrons. The minimum Gasteiger partial charge on any atom is -0.356 e. The topological polar surface area (TPSA) is 55.1 Å². The molecule has 0 fully saturated rings. The molecule has 0 saturated carbocycles. The quantitative estimate of drug-likeness (QED) is 0.797. The lowest BCUT2D eigenvalue weighted by Crippen LogP contribution is -2.14. The number of fused-ring (bicyclic) bond motifs is 1. The van der Waals surface area contributed by atoms with Gasteiger partial charge in [-0.1, -0.05) is 29.4 Å². The van der Waals surface area contributed by atoms with Gasteiger partial charge in [-0.05, 0) is 43.2 Å². The summed E-state index contributed by atoms with van der Waals surface area (Å²) in [6.45, 7) is 4.02. The van der Waals surface area contributed by atoms with E-state index >= 15 is 0 Å². The first-order valence-corrected chi connectivity index (χ1v) is 6.84. The highest BCUT2D eigenvalue weighted by molar-refractivity contribution is 5.95. The van der Waals surface area contributed by atoms with Crippen molar-refractivity contribution in [2.45, 2.75) is 20.3 Å². The number of benzene rings is 2. The second-order valence-electron chi connectivity index (χ2n) is 5.18. The number of carbonyl (C=O) groups excluding carboxylic acids is 1. The Labute approximate surface area is 122 Å². The molecule has 0 saturated heterocycles. The molecule has 0 aliphatic heterocycles. The highest BCUT2D eigenvalue weighted by atomic mass is 16.5. The molecule has 3 rings (SSSR count). The van der Waals surface area contributed by atoms with Crippen LogP contribution in [-0.4, -0.2) is 11.1 Å². The molecule has 3 aromatic rings. The molecule has 0 bridgehead atoms. The smallest absolute Gasteiger partial charge is 0.230 e. The van der Waals surface area contributed by atoms with Crippen molar-refractivity contribution in [1.29, 1.82) is 0 Å². The van der Waals surface area contributed by atoms with E-state index in [1.165, 1.54) is 0 Å². The molecular weight excluding hydrogens is 264 g/mol. The van der Waals surface area contributed by atoms with Crippen LogP contribution >= 0.6 is 0 Å². The lowest BCUT2D eigenvalue weighted by Gasteiger charge is -2.04. The summed E-state index contributed by atoms with van der Waals surface area (Å²) in [5.41, 5.74) is 4.39. The van der Waals surface area contributed by atoms with Gasteiger partial charge >= 0.3 is 0 Å². The molecule has 2 aromatic carbocycles. The van der Waals surface area contributed by atoms with Gasteiger partial charge in [0.25, 0.3) is 0 Å². The van der Waals surface area contributed by atoms with E-state index in [-0.39, 0.29) is 12.3 Å². The predicted octanol–water partition coefficient (Wildman–Crippen LogP) is 3.63. The van der Waals surface area contributed by atoms with Gasteiger partial charge in [0.2, 0.25) is 5.91 Å². The summed E-state index contributed by atoms with van der Waals surface area (Å²) >= 11 is 0. The van der Waals surface area contributed by atoms with Gasteiger partial charge < -0.3 is 9.84 Å². The van der Waals surface area contributed by atoms with Gasteiger partial charge in [0.05, 0.1) is 6.42 Å². The number of anilines is 1. The zero-order valence-electron chi connectivity index (χ0n) is 12.0. The van der Waals surface area contributed by atoms with E-state index in [0.717, 1.165) is 27.8 Å². The van der Waals surface area contributed by atoms with Crippen molar-refractivity contribution in [2.75, 3.05) is 5.32 Å². The summed E-state index contributed by atoms with van der Waals surface area (Å²) in [6.07, 6.45) is 0.200. The van der Waals surface area contributed by atoms with E-state index in [9.17, 15) is 4.79 Å². The van der Waals surface area contributed by atoms with Crippen molar-refractivity contribution in [3.05, 3.63) is 59.3 Å². The van der Waals surface area contributed by atoms with Gasteiger partial charge in [-0.3, -0.25) is 4.79 Å². The van der Waals surface area contributed by atoms with Crippen LogP contribution < -0.4 is 5.32 Å². The zero-order chi connectivity index (χ0) is 14.8. The summed E-state index contributed by atoms with van der Waals surface area (Å²) in [7, 11) is 0. The number of hydrogen-bond acceptors (Lipinski definition) is 3. The fourth-order valence-electron chi connectivity index (χ4n) is 2.52. The number of nitrogens with one attached hydrogen (secondary N) is 1. The standard InChI is InChI=1S/C17H16N2O2/c1-11-8-12(2)17-14(19-21-15(17)9-11)10-16(20)18-13-6-4-3-5-7-13/h3-9H,10H2,1-2H3,(H,18,20). The normalized spacial score (nSPS) is 10.8. The molecule has 1 aromatic heterocycles. The van der Waals surface area contributed by atoms with Gasteiger partial charge in [-0.15, -0.1) is 0 Å². The van der Waals surface area contributed by atoms with Crippen LogP contribution in [0.5, 0.6) is 0 Å². The lowest BCUT2D eigenvalue weighted by molar-refractivity contribution is -0.115. The summed E-state index contributed by atoms with van der Waals surface area (Å²) in [4.78, 5) is 12.1. The number of para-hydroxylation sites is 1. The molecule has 0 aliphatic rings. The van der Waals surface area contributed by atoms with Crippen LogP contribution in [0.25, 0.3) is 11.0 Å². The molecule has 0 aliphatic carbocycles. The molecule has 1 amide bonds. The van der Waals surface area contributed by atoms with Crippen molar-refractivity contribution in [3.63, 3.8) is 0 Å². The number of rotatable bonds is 3. The Hall–Kier alpha value is -2.62. The monoisotopic (exact) mass is 280 g/mol. The average molecular weight is 280 g/mol. The third-order valence-electron chi connectivity index (χ3n) is 3.37. The Morgan fingerprint density at radius 1 is 1.19 bits per heavy atom. The van der Waals surface area contributed by atoms with Gasteiger partial charge in [0.1, 0.15) is 5.69 Å². The minimum absolute atomic E-state index is 0.101. The van der Waals surface area contributed by atoms with Crippen LogP contribution in [-0.2, 0) is 11.2 Å². The van der Waals surface area contributed by atoms with Crippen molar-refractivity contribution in [3.8, 4) is 0 Å². The van der Waals surface area contributed by atoms with Gasteiger partial charge in [0.15, 0.2) is 5.58 Å². The van der Waals surface area contributed by atoms with E-state index in [1.807, 2.05) is 50.2 Å². The van der Waals surface area contributed by atoms with Crippen LogP contribution in [0.15, 0.2) is 47.0 Å². The Morgan fingerprint density at radius 3 is 2.71 bits per heavy atom. The molecule has 0 spiro atoms. The molecule has 4 nitrogen and oxygen atoms in total. The van der Waals surface area contributed by atoms with E-state index < -0.39 is 0 Å². The third kappa shape index (κ3) is 2.79. The number of carbonyl (C=O) groups is 1. The van der Waals surface area contributed by atoms with Crippen LogP contribution in [0.1, 0.15) is 16.8 Å². The van der Waals surface area contributed by atoms with E-state index in [2.05, 4.69) is 16.5 Å². The Balaban J connectivity index is 1.84. The largest absolute Gasteiger partial charge is 0.356 e. The van der Waals surface area contributed by atoms with Gasteiger partial charge in [-0.2, -0.15) is 0 Å². The molecule has 1 heterocycles. The van der Waals surface area contributed by atoms with E-state index in [4.69, 9.17) is 4.52 Å². The second kappa shape index (κ2) is 5.40. The Morgan fingerprint density at radius 2 is 1.95 bits per heavy atom. The molecule has 1 N–H and O–H groups in total. The predicted molar refractivity (Wildman–Crippen MR) is 82.3 cm³/mol. The summed E-state index contributed by atoms with van der Waals surface area (Å²) in [5.74, 6) is -0.101. The summed E-state index contributed by atoms with van der Waals surface area (Å²) < 4.78 is 5.33. The minimum atomic E-state index is -0.101. The van der Waals surface area contributed by atoms with Crippen molar-refractivity contribution >= 4 is 22.6 Å². The average Bonchev–Trinajstić information content (AvgIpc) is 2.82. The van der Waals surface area contributed by atoms with Crippen molar-refractivity contribution in [2.24, 2.45) is 0 Å². The number of nitrogens with zero attached hydrogens (tertiary/aromatic N) is 1. The number of amides is 1. The summed E-state index contributed by atoms with van der Waals surface area (Å²) in [6, 6.07) is 13.4. The first-order valence-electron chi connectivity index (χ1n) is 6.84. The maximum absolute atomic E-state index is 12.1. The maximum atomic E-state index is 12.1. The molecule has 4 heteroatoms.